The van der Waals surface area contributed by atoms with Crippen LogP contribution in [0.4, 0.5) is 0 Å². The fourth-order valence-electron chi connectivity index (χ4n) is 2.13. The van der Waals surface area contributed by atoms with Gasteiger partial charge in [-0.15, -0.1) is 0 Å². The first kappa shape index (κ1) is 7.06. The van der Waals surface area contributed by atoms with Crippen molar-refractivity contribution in [3.8, 4) is 0 Å². The molecule has 1 aliphatic rings. The van der Waals surface area contributed by atoms with Crippen LogP contribution in [-0.2, 0) is 12.8 Å². The number of fused-ring (bicyclic) bond motifs is 3. The molecule has 0 atom stereocenters. The van der Waals surface area contributed by atoms with E-state index in [0.29, 0.717) is 0 Å². The molecule has 66 valence electrons. The molecule has 0 fully saturated rings. The van der Waals surface area contributed by atoms with Gasteiger partial charge in [-0.25, -0.2) is 9.97 Å². The van der Waals surface area contributed by atoms with Gasteiger partial charge in [0.05, 0.1) is 17.2 Å². The summed E-state index contributed by atoms with van der Waals surface area (Å²) in [5.74, 6) is 0. The van der Waals surface area contributed by atoms with Crippen LogP contribution in [0.25, 0.3) is 11.0 Å². The van der Waals surface area contributed by atoms with E-state index in [1.807, 2.05) is 6.20 Å². The van der Waals surface area contributed by atoms with Crippen molar-refractivity contribution in [2.24, 2.45) is 0 Å². The second-order valence-electron chi connectivity index (χ2n) is 3.57. The summed E-state index contributed by atoms with van der Waals surface area (Å²) in [5, 5.41) is 0. The van der Waals surface area contributed by atoms with Crippen LogP contribution in [0.15, 0.2) is 12.5 Å². The van der Waals surface area contributed by atoms with Gasteiger partial charge in [-0.2, -0.15) is 0 Å². The van der Waals surface area contributed by atoms with Crippen LogP contribution < -0.4 is 0 Å². The van der Waals surface area contributed by atoms with Gasteiger partial charge in [-0.05, 0) is 31.2 Å². The molecule has 0 saturated heterocycles. The standard InChI is InChI=1S/C10H11N3/c1-2-4-8-7(3-1)10-9(13-8)5-11-6-12-10/h5-6,13H,1-4H2. The Bertz CT molecular complexity index is 444. The average Bonchev–Trinajstić information content (AvgIpc) is 2.56. The highest BCUT2D eigenvalue weighted by Gasteiger charge is 2.15. The lowest BCUT2D eigenvalue weighted by molar-refractivity contribution is 0.679. The minimum atomic E-state index is 1.09. The highest BCUT2D eigenvalue weighted by atomic mass is 14.9. The van der Waals surface area contributed by atoms with E-state index in [9.17, 15) is 0 Å². The van der Waals surface area contributed by atoms with Gasteiger partial charge >= 0.3 is 0 Å². The van der Waals surface area contributed by atoms with Gasteiger partial charge in [0.1, 0.15) is 6.33 Å². The van der Waals surface area contributed by atoms with Crippen LogP contribution in [0.1, 0.15) is 24.1 Å². The van der Waals surface area contributed by atoms with Crippen LogP contribution in [0.3, 0.4) is 0 Å². The molecule has 0 aliphatic heterocycles. The predicted octanol–water partition coefficient (Wildman–Crippen LogP) is 1.84. The van der Waals surface area contributed by atoms with Crippen molar-refractivity contribution in [2.75, 3.05) is 0 Å². The van der Waals surface area contributed by atoms with Crippen molar-refractivity contribution in [3.05, 3.63) is 23.8 Å². The van der Waals surface area contributed by atoms with Crippen molar-refractivity contribution in [2.45, 2.75) is 25.7 Å². The van der Waals surface area contributed by atoms with Gasteiger partial charge in [0, 0.05) is 5.69 Å². The molecule has 13 heavy (non-hydrogen) atoms. The smallest absolute Gasteiger partial charge is 0.116 e. The van der Waals surface area contributed by atoms with Gasteiger partial charge in [0.2, 0.25) is 0 Å². The molecule has 0 radical (unpaired) electrons. The fourth-order valence-corrected chi connectivity index (χ4v) is 2.13. The number of hydrogen-bond donors (Lipinski definition) is 1. The Labute approximate surface area is 76.2 Å². The highest BCUT2D eigenvalue weighted by molar-refractivity contribution is 5.79. The molecule has 3 heteroatoms. The Balaban J connectivity index is 2.34. The van der Waals surface area contributed by atoms with Crippen LogP contribution >= 0.6 is 0 Å². The van der Waals surface area contributed by atoms with Crippen LogP contribution in [-0.4, -0.2) is 15.0 Å². The topological polar surface area (TPSA) is 41.6 Å². The molecule has 0 spiro atoms. The van der Waals surface area contributed by atoms with Crippen molar-refractivity contribution < 1.29 is 0 Å². The van der Waals surface area contributed by atoms with Gasteiger partial charge in [0.25, 0.3) is 0 Å². The van der Waals surface area contributed by atoms with Crippen LogP contribution in [0.5, 0.6) is 0 Å². The molecule has 1 N–H and O–H groups in total. The normalized spacial score (nSPS) is 16.0. The molecule has 2 aromatic heterocycles. The number of aromatic nitrogens is 3. The molecule has 0 aromatic carbocycles. The van der Waals surface area contributed by atoms with E-state index in [1.54, 1.807) is 6.33 Å². The minimum absolute atomic E-state index is 1.09. The van der Waals surface area contributed by atoms with Gasteiger partial charge in [-0.1, -0.05) is 0 Å². The molecule has 3 nitrogen and oxygen atoms in total. The third-order valence-corrected chi connectivity index (χ3v) is 2.75. The number of aryl methyl sites for hydroxylation is 2. The third kappa shape index (κ3) is 0.963. The Morgan fingerprint density at radius 1 is 1.23 bits per heavy atom. The maximum Gasteiger partial charge on any atom is 0.116 e. The molecule has 0 bridgehead atoms. The third-order valence-electron chi connectivity index (χ3n) is 2.75. The number of hydrogen-bond acceptors (Lipinski definition) is 2. The first-order valence-electron chi connectivity index (χ1n) is 4.74. The summed E-state index contributed by atoms with van der Waals surface area (Å²) in [4.78, 5) is 11.7. The average molecular weight is 173 g/mol. The first-order chi connectivity index (χ1) is 6.45. The largest absolute Gasteiger partial charge is 0.356 e. The maximum absolute atomic E-state index is 4.31. The van der Waals surface area contributed by atoms with E-state index >= 15 is 0 Å². The highest BCUT2D eigenvalue weighted by Crippen LogP contribution is 2.26. The Hall–Kier alpha value is -1.38. The Kier molecular flexibility index (Phi) is 1.39. The molecular formula is C10H11N3. The van der Waals surface area contributed by atoms with Crippen molar-refractivity contribution in [3.63, 3.8) is 0 Å². The summed E-state index contributed by atoms with van der Waals surface area (Å²) >= 11 is 0. The van der Waals surface area contributed by atoms with Gasteiger partial charge in [0.15, 0.2) is 0 Å². The summed E-state index contributed by atoms with van der Waals surface area (Å²) < 4.78 is 0. The summed E-state index contributed by atoms with van der Waals surface area (Å²) in [5.41, 5.74) is 5.02. The lowest BCUT2D eigenvalue weighted by atomic mass is 9.97. The van der Waals surface area contributed by atoms with Crippen LogP contribution in [0.2, 0.25) is 0 Å². The van der Waals surface area contributed by atoms with E-state index in [0.717, 1.165) is 11.0 Å². The SMILES string of the molecule is c1ncc2[nH]c3c(c2n1)CCCC3. The molecule has 0 saturated carbocycles. The Morgan fingerprint density at radius 2 is 2.15 bits per heavy atom. The van der Waals surface area contributed by atoms with E-state index < -0.39 is 0 Å². The van der Waals surface area contributed by atoms with Crippen molar-refractivity contribution in [1.29, 1.82) is 0 Å². The summed E-state index contributed by atoms with van der Waals surface area (Å²) in [6.45, 7) is 0. The molecule has 2 aromatic rings. The van der Waals surface area contributed by atoms with Gasteiger partial charge in [-0.3, -0.25) is 0 Å². The minimum Gasteiger partial charge on any atom is -0.356 e. The lowest BCUT2D eigenvalue weighted by Gasteiger charge is -2.09. The second-order valence-corrected chi connectivity index (χ2v) is 3.57. The number of aromatic amines is 1. The van der Waals surface area contributed by atoms with Crippen molar-refractivity contribution in [1.82, 2.24) is 15.0 Å². The van der Waals surface area contributed by atoms with E-state index in [2.05, 4.69) is 15.0 Å². The van der Waals surface area contributed by atoms with E-state index in [1.165, 1.54) is 36.9 Å². The summed E-state index contributed by atoms with van der Waals surface area (Å²) in [7, 11) is 0. The van der Waals surface area contributed by atoms with Crippen molar-refractivity contribution >= 4 is 11.0 Å². The number of rotatable bonds is 0. The predicted molar refractivity (Wildman–Crippen MR) is 50.5 cm³/mol. The first-order valence-corrected chi connectivity index (χ1v) is 4.74. The monoisotopic (exact) mass is 173 g/mol. The number of nitrogens with one attached hydrogen (secondary N) is 1. The van der Waals surface area contributed by atoms with Crippen LogP contribution in [0, 0.1) is 0 Å². The second kappa shape index (κ2) is 2.55. The summed E-state index contributed by atoms with van der Waals surface area (Å²) in [6.07, 6.45) is 8.43. The number of H-pyrrole nitrogens is 1. The zero-order valence-corrected chi connectivity index (χ0v) is 7.38. The quantitative estimate of drug-likeness (QED) is 0.660. The molecule has 3 rings (SSSR count). The number of nitrogens with zero attached hydrogens (tertiary/aromatic N) is 2. The van der Waals surface area contributed by atoms with E-state index in [-0.39, 0.29) is 0 Å². The zero-order valence-electron chi connectivity index (χ0n) is 7.38. The van der Waals surface area contributed by atoms with Gasteiger partial charge < -0.3 is 4.98 Å². The molecule has 2 heterocycles. The Morgan fingerprint density at radius 3 is 3.15 bits per heavy atom. The molecular weight excluding hydrogens is 162 g/mol. The summed E-state index contributed by atoms with van der Waals surface area (Å²) in [6, 6.07) is 0. The fraction of sp³-hybridized carbons (Fsp3) is 0.400. The molecule has 0 unspecified atom stereocenters. The zero-order chi connectivity index (χ0) is 8.67. The van der Waals surface area contributed by atoms with E-state index in [4.69, 9.17) is 0 Å². The molecule has 0 amide bonds. The lowest BCUT2D eigenvalue weighted by Crippen LogP contribution is -2.00. The molecule has 1 aliphatic carbocycles. The maximum atomic E-state index is 4.31.